The van der Waals surface area contributed by atoms with E-state index >= 15 is 0 Å². The summed E-state index contributed by atoms with van der Waals surface area (Å²) in [5.74, 6) is 0.996. The molecule has 0 amide bonds. The number of likely N-dealkylation sites (N-methyl/N-ethyl adjacent to an activating group) is 2. The molecule has 1 aliphatic carbocycles. The van der Waals surface area contributed by atoms with Crippen LogP contribution < -0.4 is 5.32 Å². The normalized spacial score (nSPS) is 19.2. The molecule has 1 saturated carbocycles. The Balaban J connectivity index is 2.24. The van der Waals surface area contributed by atoms with Gasteiger partial charge < -0.3 is 10.2 Å². The van der Waals surface area contributed by atoms with Gasteiger partial charge in [-0.15, -0.1) is 0 Å². The van der Waals surface area contributed by atoms with Gasteiger partial charge in [-0.05, 0) is 38.8 Å². The Morgan fingerprint density at radius 3 is 2.53 bits per heavy atom. The molecule has 1 rings (SSSR count). The molecule has 0 saturated heterocycles. The van der Waals surface area contributed by atoms with Crippen LogP contribution in [0.4, 0.5) is 0 Å². The summed E-state index contributed by atoms with van der Waals surface area (Å²) in [6, 6.07) is 0.746. The van der Waals surface area contributed by atoms with Crippen LogP contribution >= 0.6 is 0 Å². The highest BCUT2D eigenvalue weighted by Crippen LogP contribution is 2.27. The Morgan fingerprint density at radius 2 is 2.07 bits per heavy atom. The van der Waals surface area contributed by atoms with Crippen molar-refractivity contribution in [3.63, 3.8) is 0 Å². The smallest absolute Gasteiger partial charge is 0.0217 e. The molecule has 2 heteroatoms. The number of hydrogen-bond acceptors (Lipinski definition) is 2. The van der Waals surface area contributed by atoms with E-state index in [1.807, 2.05) is 0 Å². The highest BCUT2D eigenvalue weighted by molar-refractivity contribution is 4.77. The van der Waals surface area contributed by atoms with Crippen LogP contribution in [-0.4, -0.2) is 37.6 Å². The van der Waals surface area contributed by atoms with E-state index in [1.54, 1.807) is 0 Å². The maximum Gasteiger partial charge on any atom is 0.0217 e. The van der Waals surface area contributed by atoms with Crippen LogP contribution in [0.3, 0.4) is 0 Å². The van der Waals surface area contributed by atoms with Crippen LogP contribution in [0.15, 0.2) is 0 Å². The van der Waals surface area contributed by atoms with E-state index < -0.39 is 0 Å². The van der Waals surface area contributed by atoms with E-state index in [4.69, 9.17) is 0 Å². The summed E-state index contributed by atoms with van der Waals surface area (Å²) in [5, 5.41) is 3.48. The van der Waals surface area contributed by atoms with Crippen LogP contribution in [0, 0.1) is 5.92 Å². The molecular weight excluding hydrogens is 184 g/mol. The molecule has 1 aliphatic rings. The molecule has 0 aromatic heterocycles. The van der Waals surface area contributed by atoms with E-state index in [0.717, 1.165) is 25.0 Å². The van der Waals surface area contributed by atoms with Crippen molar-refractivity contribution in [2.45, 2.75) is 52.0 Å². The maximum absolute atomic E-state index is 3.48. The molecule has 0 aliphatic heterocycles. The second-order valence-corrected chi connectivity index (χ2v) is 4.99. The summed E-state index contributed by atoms with van der Waals surface area (Å²) >= 11 is 0. The third kappa shape index (κ3) is 4.52. The fraction of sp³-hybridized carbons (Fsp3) is 1.00. The first-order chi connectivity index (χ1) is 7.27. The van der Waals surface area contributed by atoms with Crippen LogP contribution in [0.1, 0.15) is 46.0 Å². The zero-order chi connectivity index (χ0) is 11.1. The molecule has 90 valence electrons. The molecule has 1 N–H and O–H groups in total. The zero-order valence-electron chi connectivity index (χ0n) is 10.8. The first-order valence-corrected chi connectivity index (χ1v) is 6.68. The molecule has 2 nitrogen and oxygen atoms in total. The van der Waals surface area contributed by atoms with Crippen LogP contribution in [0.25, 0.3) is 0 Å². The summed E-state index contributed by atoms with van der Waals surface area (Å²) in [6.45, 7) is 8.05. The molecule has 1 atom stereocenters. The van der Waals surface area contributed by atoms with Crippen molar-refractivity contribution in [1.29, 1.82) is 0 Å². The summed E-state index contributed by atoms with van der Waals surface area (Å²) in [7, 11) is 2.30. The Labute approximate surface area is 95.4 Å². The van der Waals surface area contributed by atoms with E-state index in [0.29, 0.717) is 0 Å². The standard InChI is InChI=1S/C13H28N2/c1-4-7-13(10-14-5-2)15(3)11-12-8-6-9-12/h12-14H,4-11H2,1-3H3. The molecule has 1 unspecified atom stereocenters. The van der Waals surface area contributed by atoms with Crippen molar-refractivity contribution >= 4 is 0 Å². The lowest BCUT2D eigenvalue weighted by Gasteiger charge is -2.35. The van der Waals surface area contributed by atoms with Gasteiger partial charge in [0.25, 0.3) is 0 Å². The van der Waals surface area contributed by atoms with Gasteiger partial charge in [0.15, 0.2) is 0 Å². The Hall–Kier alpha value is -0.0800. The number of rotatable bonds is 8. The molecule has 0 aromatic rings. The average molecular weight is 212 g/mol. The summed E-state index contributed by atoms with van der Waals surface area (Å²) in [6.07, 6.45) is 7.01. The van der Waals surface area contributed by atoms with Crippen molar-refractivity contribution in [2.75, 3.05) is 26.7 Å². The summed E-state index contributed by atoms with van der Waals surface area (Å²) in [4.78, 5) is 2.58. The quantitative estimate of drug-likeness (QED) is 0.665. The zero-order valence-corrected chi connectivity index (χ0v) is 10.8. The number of nitrogens with zero attached hydrogens (tertiary/aromatic N) is 1. The van der Waals surface area contributed by atoms with Crippen LogP contribution in [0.2, 0.25) is 0 Å². The fourth-order valence-corrected chi connectivity index (χ4v) is 2.35. The predicted octanol–water partition coefficient (Wildman–Crippen LogP) is 2.50. The van der Waals surface area contributed by atoms with Crippen molar-refractivity contribution in [3.8, 4) is 0 Å². The van der Waals surface area contributed by atoms with Gasteiger partial charge in [-0.1, -0.05) is 26.7 Å². The second-order valence-electron chi connectivity index (χ2n) is 4.99. The minimum absolute atomic E-state index is 0.746. The van der Waals surface area contributed by atoms with Crippen molar-refractivity contribution < 1.29 is 0 Å². The first kappa shape index (κ1) is 13.0. The lowest BCUT2D eigenvalue weighted by Crippen LogP contribution is -2.43. The van der Waals surface area contributed by atoms with Crippen molar-refractivity contribution in [3.05, 3.63) is 0 Å². The first-order valence-electron chi connectivity index (χ1n) is 6.68. The summed E-state index contributed by atoms with van der Waals surface area (Å²) in [5.41, 5.74) is 0. The van der Waals surface area contributed by atoms with Gasteiger partial charge in [0.2, 0.25) is 0 Å². The molecule has 15 heavy (non-hydrogen) atoms. The van der Waals surface area contributed by atoms with Gasteiger partial charge in [-0.2, -0.15) is 0 Å². The highest BCUT2D eigenvalue weighted by atomic mass is 15.1. The molecule has 0 radical (unpaired) electrons. The molecular formula is C13H28N2. The molecule has 0 bridgehead atoms. The Bertz CT molecular complexity index is 155. The largest absolute Gasteiger partial charge is 0.315 e. The summed E-state index contributed by atoms with van der Waals surface area (Å²) < 4.78 is 0. The van der Waals surface area contributed by atoms with E-state index in [1.165, 1.54) is 38.6 Å². The third-order valence-corrected chi connectivity index (χ3v) is 3.65. The van der Waals surface area contributed by atoms with Gasteiger partial charge in [0, 0.05) is 19.1 Å². The minimum atomic E-state index is 0.746. The maximum atomic E-state index is 3.48. The Kier molecular flexibility index (Phi) is 6.26. The van der Waals surface area contributed by atoms with Crippen molar-refractivity contribution in [2.24, 2.45) is 5.92 Å². The predicted molar refractivity (Wildman–Crippen MR) is 67.2 cm³/mol. The monoisotopic (exact) mass is 212 g/mol. The van der Waals surface area contributed by atoms with E-state index in [9.17, 15) is 0 Å². The van der Waals surface area contributed by atoms with Crippen LogP contribution in [0.5, 0.6) is 0 Å². The van der Waals surface area contributed by atoms with Gasteiger partial charge in [-0.3, -0.25) is 0 Å². The molecule has 0 aromatic carbocycles. The van der Waals surface area contributed by atoms with Gasteiger partial charge in [-0.25, -0.2) is 0 Å². The number of hydrogen-bond donors (Lipinski definition) is 1. The van der Waals surface area contributed by atoms with Crippen LogP contribution in [-0.2, 0) is 0 Å². The lowest BCUT2D eigenvalue weighted by molar-refractivity contribution is 0.153. The van der Waals surface area contributed by atoms with Gasteiger partial charge in [0.05, 0.1) is 0 Å². The molecule has 0 heterocycles. The Morgan fingerprint density at radius 1 is 1.33 bits per heavy atom. The fourth-order valence-electron chi connectivity index (χ4n) is 2.35. The highest BCUT2D eigenvalue weighted by Gasteiger charge is 2.22. The third-order valence-electron chi connectivity index (χ3n) is 3.65. The topological polar surface area (TPSA) is 15.3 Å². The number of nitrogens with one attached hydrogen (secondary N) is 1. The average Bonchev–Trinajstić information content (AvgIpc) is 2.18. The van der Waals surface area contributed by atoms with E-state index in [2.05, 4.69) is 31.1 Å². The second kappa shape index (κ2) is 7.24. The van der Waals surface area contributed by atoms with E-state index in [-0.39, 0.29) is 0 Å². The molecule has 1 fully saturated rings. The minimum Gasteiger partial charge on any atom is -0.315 e. The molecule has 0 spiro atoms. The van der Waals surface area contributed by atoms with Crippen molar-refractivity contribution in [1.82, 2.24) is 10.2 Å². The SMILES string of the molecule is CCCC(CNCC)N(C)CC1CCC1. The van der Waals surface area contributed by atoms with Gasteiger partial charge in [0.1, 0.15) is 0 Å². The van der Waals surface area contributed by atoms with Gasteiger partial charge >= 0.3 is 0 Å². The lowest BCUT2D eigenvalue weighted by atomic mass is 9.85.